The van der Waals surface area contributed by atoms with Gasteiger partial charge in [-0.15, -0.1) is 0 Å². The molecule has 21 heavy (non-hydrogen) atoms. The first-order chi connectivity index (χ1) is 10.3. The Kier molecular flexibility index (Phi) is 4.29. The largest absolute Gasteiger partial charge is 0.486 e. The van der Waals surface area contributed by atoms with Gasteiger partial charge in [-0.25, -0.2) is 0 Å². The van der Waals surface area contributed by atoms with Crippen molar-refractivity contribution in [3.63, 3.8) is 0 Å². The zero-order chi connectivity index (χ0) is 14.7. The summed E-state index contributed by atoms with van der Waals surface area (Å²) in [5, 5.41) is 0. The van der Waals surface area contributed by atoms with Crippen LogP contribution in [-0.2, 0) is 9.53 Å². The maximum absolute atomic E-state index is 11.9. The van der Waals surface area contributed by atoms with Gasteiger partial charge in [0.1, 0.15) is 18.8 Å². The predicted octanol–water partition coefficient (Wildman–Crippen LogP) is 1.85. The molecule has 0 saturated carbocycles. The average molecular weight is 291 g/mol. The van der Waals surface area contributed by atoms with Crippen LogP contribution in [-0.4, -0.2) is 49.8 Å². The van der Waals surface area contributed by atoms with Crippen molar-refractivity contribution in [3.05, 3.63) is 24.3 Å². The fourth-order valence-electron chi connectivity index (χ4n) is 3.03. The Morgan fingerprint density at radius 1 is 1.33 bits per heavy atom. The summed E-state index contributed by atoms with van der Waals surface area (Å²) in [4.78, 5) is 14.0. The Balaban J connectivity index is 1.64. The second kappa shape index (κ2) is 6.35. The number of fused-ring (bicyclic) bond motifs is 1. The molecule has 5 nitrogen and oxygen atoms in total. The van der Waals surface area contributed by atoms with Gasteiger partial charge in [0.15, 0.2) is 11.5 Å². The molecule has 1 fully saturated rings. The molecule has 114 valence electrons. The number of methoxy groups -OCH3 is 1. The summed E-state index contributed by atoms with van der Waals surface area (Å²) in [6.07, 6.45) is 2.99. The zero-order valence-electron chi connectivity index (χ0n) is 12.3. The normalized spacial score (nSPS) is 25.4. The number of hydrogen-bond acceptors (Lipinski definition) is 5. The van der Waals surface area contributed by atoms with Crippen LogP contribution >= 0.6 is 0 Å². The van der Waals surface area contributed by atoms with Crippen LogP contribution in [0.2, 0.25) is 0 Å². The molecule has 1 aromatic carbocycles. The summed E-state index contributed by atoms with van der Waals surface area (Å²) in [6, 6.07) is 7.53. The monoisotopic (exact) mass is 291 g/mol. The maximum Gasteiger partial charge on any atom is 0.323 e. The van der Waals surface area contributed by atoms with Crippen molar-refractivity contribution in [1.29, 1.82) is 0 Å². The minimum Gasteiger partial charge on any atom is -0.486 e. The molecular weight excluding hydrogens is 270 g/mol. The molecular formula is C16H21NO4. The summed E-state index contributed by atoms with van der Waals surface area (Å²) >= 11 is 0. The van der Waals surface area contributed by atoms with Gasteiger partial charge in [0.05, 0.1) is 7.11 Å². The van der Waals surface area contributed by atoms with Crippen LogP contribution in [0.3, 0.4) is 0 Å². The first-order valence-electron chi connectivity index (χ1n) is 7.48. The average Bonchev–Trinajstić information content (AvgIpc) is 2.54. The third-order valence-electron chi connectivity index (χ3n) is 4.09. The molecule has 1 saturated heterocycles. The number of carbonyl (C=O) groups excluding carboxylic acids is 1. The van der Waals surface area contributed by atoms with Crippen LogP contribution in [0.15, 0.2) is 24.3 Å². The summed E-state index contributed by atoms with van der Waals surface area (Å²) in [7, 11) is 1.45. The number of ether oxygens (including phenoxy) is 3. The number of rotatable bonds is 3. The fraction of sp³-hybridized carbons (Fsp3) is 0.562. The van der Waals surface area contributed by atoms with Gasteiger partial charge < -0.3 is 14.2 Å². The molecule has 3 rings (SSSR count). The van der Waals surface area contributed by atoms with E-state index in [4.69, 9.17) is 14.2 Å². The number of benzene rings is 1. The van der Waals surface area contributed by atoms with Crippen molar-refractivity contribution in [2.45, 2.75) is 31.4 Å². The zero-order valence-corrected chi connectivity index (χ0v) is 12.3. The molecule has 2 atom stereocenters. The smallest absolute Gasteiger partial charge is 0.323 e. The van der Waals surface area contributed by atoms with Gasteiger partial charge in [-0.2, -0.15) is 0 Å². The van der Waals surface area contributed by atoms with E-state index in [1.165, 1.54) is 7.11 Å². The van der Waals surface area contributed by atoms with Crippen LogP contribution in [0.1, 0.15) is 19.3 Å². The van der Waals surface area contributed by atoms with Crippen LogP contribution in [0.5, 0.6) is 11.5 Å². The van der Waals surface area contributed by atoms with Crippen LogP contribution < -0.4 is 9.47 Å². The Morgan fingerprint density at radius 3 is 2.95 bits per heavy atom. The highest BCUT2D eigenvalue weighted by Crippen LogP contribution is 2.31. The van der Waals surface area contributed by atoms with E-state index in [0.717, 1.165) is 37.3 Å². The Morgan fingerprint density at radius 2 is 2.14 bits per heavy atom. The summed E-state index contributed by atoms with van der Waals surface area (Å²) in [6.45, 7) is 2.11. The Bertz CT molecular complexity index is 505. The quantitative estimate of drug-likeness (QED) is 0.796. The Hall–Kier alpha value is -1.75. The number of piperidine rings is 1. The third-order valence-corrected chi connectivity index (χ3v) is 4.09. The van der Waals surface area contributed by atoms with E-state index < -0.39 is 0 Å². The molecule has 0 N–H and O–H groups in total. The first-order valence-corrected chi connectivity index (χ1v) is 7.48. The minimum atomic E-state index is -0.149. The highest BCUT2D eigenvalue weighted by Gasteiger charge is 2.32. The van der Waals surface area contributed by atoms with Gasteiger partial charge in [0.25, 0.3) is 0 Å². The molecule has 0 aromatic heterocycles. The second-order valence-corrected chi connectivity index (χ2v) is 5.53. The van der Waals surface area contributed by atoms with E-state index in [0.29, 0.717) is 13.2 Å². The van der Waals surface area contributed by atoms with Gasteiger partial charge in [-0.3, -0.25) is 9.69 Å². The van der Waals surface area contributed by atoms with E-state index in [1.807, 2.05) is 24.3 Å². The van der Waals surface area contributed by atoms with Crippen molar-refractivity contribution in [2.75, 3.05) is 26.8 Å². The SMILES string of the molecule is COC(=O)C1CCCCN1CC1COc2ccccc2O1. The lowest BCUT2D eigenvalue weighted by atomic mass is 10.0. The molecule has 5 heteroatoms. The lowest BCUT2D eigenvalue weighted by Crippen LogP contribution is -2.50. The van der Waals surface area contributed by atoms with Crippen LogP contribution in [0, 0.1) is 0 Å². The van der Waals surface area contributed by atoms with Gasteiger partial charge in [0.2, 0.25) is 0 Å². The van der Waals surface area contributed by atoms with Crippen molar-refractivity contribution >= 4 is 5.97 Å². The van der Waals surface area contributed by atoms with E-state index in [2.05, 4.69) is 4.90 Å². The van der Waals surface area contributed by atoms with Crippen molar-refractivity contribution in [2.24, 2.45) is 0 Å². The highest BCUT2D eigenvalue weighted by atomic mass is 16.6. The third kappa shape index (κ3) is 3.13. The van der Waals surface area contributed by atoms with E-state index in [1.54, 1.807) is 0 Å². The van der Waals surface area contributed by atoms with Gasteiger partial charge >= 0.3 is 5.97 Å². The molecule has 0 amide bonds. The predicted molar refractivity (Wildman–Crippen MR) is 77.6 cm³/mol. The summed E-state index contributed by atoms with van der Waals surface area (Å²) in [5.74, 6) is 1.42. The second-order valence-electron chi connectivity index (χ2n) is 5.53. The molecule has 2 aliphatic heterocycles. The minimum absolute atomic E-state index is 0.0508. The van der Waals surface area contributed by atoms with Crippen LogP contribution in [0.4, 0.5) is 0 Å². The van der Waals surface area contributed by atoms with Crippen molar-refractivity contribution in [3.8, 4) is 11.5 Å². The number of esters is 1. The summed E-state index contributed by atoms with van der Waals surface area (Å²) in [5.41, 5.74) is 0. The number of hydrogen-bond donors (Lipinski definition) is 0. The number of carbonyl (C=O) groups is 1. The Labute approximate surface area is 124 Å². The molecule has 2 unspecified atom stereocenters. The first kappa shape index (κ1) is 14.2. The lowest BCUT2D eigenvalue weighted by Gasteiger charge is -2.37. The van der Waals surface area contributed by atoms with E-state index >= 15 is 0 Å². The van der Waals surface area contributed by atoms with E-state index in [-0.39, 0.29) is 18.1 Å². The summed E-state index contributed by atoms with van der Waals surface area (Å²) < 4.78 is 16.6. The molecule has 2 aliphatic rings. The topological polar surface area (TPSA) is 48.0 Å². The number of para-hydroxylation sites is 2. The standard InChI is InChI=1S/C16H21NO4/c1-19-16(18)13-6-4-5-9-17(13)10-12-11-20-14-7-2-3-8-15(14)21-12/h2-3,7-8,12-13H,4-6,9-11H2,1H3. The van der Waals surface area contributed by atoms with Crippen LogP contribution in [0.25, 0.3) is 0 Å². The molecule has 2 heterocycles. The van der Waals surface area contributed by atoms with E-state index in [9.17, 15) is 4.79 Å². The number of nitrogens with zero attached hydrogens (tertiary/aromatic N) is 1. The number of likely N-dealkylation sites (tertiary alicyclic amines) is 1. The lowest BCUT2D eigenvalue weighted by molar-refractivity contribution is -0.149. The van der Waals surface area contributed by atoms with Gasteiger partial charge in [-0.1, -0.05) is 18.6 Å². The van der Waals surface area contributed by atoms with Gasteiger partial charge in [0, 0.05) is 6.54 Å². The molecule has 0 spiro atoms. The molecule has 0 aliphatic carbocycles. The molecule has 1 aromatic rings. The molecule has 0 bridgehead atoms. The van der Waals surface area contributed by atoms with Crippen molar-refractivity contribution < 1.29 is 19.0 Å². The van der Waals surface area contributed by atoms with Gasteiger partial charge in [-0.05, 0) is 31.5 Å². The van der Waals surface area contributed by atoms with Crippen molar-refractivity contribution in [1.82, 2.24) is 4.90 Å². The highest BCUT2D eigenvalue weighted by molar-refractivity contribution is 5.75. The molecule has 0 radical (unpaired) electrons. The maximum atomic E-state index is 11.9. The fourth-order valence-corrected chi connectivity index (χ4v) is 3.03.